The van der Waals surface area contributed by atoms with Crippen LogP contribution in [0.5, 0.6) is 0 Å². The van der Waals surface area contributed by atoms with Crippen molar-refractivity contribution in [2.75, 3.05) is 32.1 Å². The Kier molecular flexibility index (Phi) is 4.42. The molecular weight excluding hydrogens is 243 g/mol. The number of hydrogen-bond donors (Lipinski definition) is 1. The number of aliphatic hydroxyl groups is 1. The molecule has 0 spiro atoms. The second-order valence-electron chi connectivity index (χ2n) is 5.53. The van der Waals surface area contributed by atoms with Gasteiger partial charge in [0, 0.05) is 30.4 Å². The van der Waals surface area contributed by atoms with Crippen LogP contribution in [0.2, 0.25) is 0 Å². The van der Waals surface area contributed by atoms with Gasteiger partial charge < -0.3 is 14.9 Å². The third-order valence-electron chi connectivity index (χ3n) is 3.98. The SMILES string of the molecule is CC(O)c1c(F)cccc1N1CCC(N(C)C)CC1. The van der Waals surface area contributed by atoms with E-state index in [1.807, 2.05) is 6.07 Å². The summed E-state index contributed by atoms with van der Waals surface area (Å²) in [5.41, 5.74) is 1.26. The predicted molar refractivity (Wildman–Crippen MR) is 76.0 cm³/mol. The van der Waals surface area contributed by atoms with Crippen molar-refractivity contribution in [2.45, 2.75) is 31.9 Å². The molecular formula is C15H23FN2O. The minimum absolute atomic E-state index is 0.317. The van der Waals surface area contributed by atoms with Gasteiger partial charge in [-0.1, -0.05) is 6.07 Å². The molecule has 1 aromatic carbocycles. The van der Waals surface area contributed by atoms with Crippen molar-refractivity contribution in [1.29, 1.82) is 0 Å². The van der Waals surface area contributed by atoms with Gasteiger partial charge in [0.2, 0.25) is 0 Å². The first-order chi connectivity index (χ1) is 9.00. The quantitative estimate of drug-likeness (QED) is 0.910. The first-order valence-electron chi connectivity index (χ1n) is 6.88. The molecule has 3 nitrogen and oxygen atoms in total. The number of anilines is 1. The summed E-state index contributed by atoms with van der Waals surface area (Å²) < 4.78 is 13.9. The molecule has 106 valence electrons. The van der Waals surface area contributed by atoms with Crippen molar-refractivity contribution in [3.63, 3.8) is 0 Å². The van der Waals surface area contributed by atoms with Gasteiger partial charge in [-0.3, -0.25) is 0 Å². The molecule has 1 atom stereocenters. The third-order valence-corrected chi connectivity index (χ3v) is 3.98. The highest BCUT2D eigenvalue weighted by molar-refractivity contribution is 5.55. The van der Waals surface area contributed by atoms with Gasteiger partial charge in [0.15, 0.2) is 0 Å². The maximum atomic E-state index is 13.9. The van der Waals surface area contributed by atoms with E-state index in [1.54, 1.807) is 13.0 Å². The molecule has 1 unspecified atom stereocenters. The standard InChI is InChI=1S/C15H23FN2O/c1-11(19)15-13(16)5-4-6-14(15)18-9-7-12(8-10-18)17(2)3/h4-6,11-12,19H,7-10H2,1-3H3. The molecule has 1 aromatic rings. The molecule has 0 amide bonds. The lowest BCUT2D eigenvalue weighted by molar-refractivity contribution is 0.194. The van der Waals surface area contributed by atoms with Crippen molar-refractivity contribution in [1.82, 2.24) is 4.90 Å². The number of aliphatic hydroxyl groups excluding tert-OH is 1. The van der Waals surface area contributed by atoms with E-state index in [-0.39, 0.29) is 5.82 Å². The highest BCUT2D eigenvalue weighted by Crippen LogP contribution is 2.31. The van der Waals surface area contributed by atoms with Crippen LogP contribution in [0, 0.1) is 5.82 Å². The summed E-state index contributed by atoms with van der Waals surface area (Å²) in [5.74, 6) is -0.317. The van der Waals surface area contributed by atoms with Crippen molar-refractivity contribution in [2.24, 2.45) is 0 Å². The molecule has 2 rings (SSSR count). The summed E-state index contributed by atoms with van der Waals surface area (Å²) in [5, 5.41) is 9.78. The van der Waals surface area contributed by atoms with Gasteiger partial charge in [0.1, 0.15) is 5.82 Å². The Labute approximate surface area is 114 Å². The van der Waals surface area contributed by atoms with Crippen LogP contribution in [0.4, 0.5) is 10.1 Å². The van der Waals surface area contributed by atoms with E-state index in [4.69, 9.17) is 0 Å². The van der Waals surface area contributed by atoms with Gasteiger partial charge in [-0.05, 0) is 46.0 Å². The summed E-state index contributed by atoms with van der Waals surface area (Å²) >= 11 is 0. The number of benzene rings is 1. The number of halogens is 1. The molecule has 0 aliphatic carbocycles. The zero-order valence-electron chi connectivity index (χ0n) is 11.9. The van der Waals surface area contributed by atoms with E-state index in [1.165, 1.54) is 6.07 Å². The Bertz CT molecular complexity index is 426. The molecule has 0 radical (unpaired) electrons. The Morgan fingerprint density at radius 1 is 1.32 bits per heavy atom. The minimum Gasteiger partial charge on any atom is -0.389 e. The molecule has 1 aliphatic rings. The molecule has 0 aromatic heterocycles. The normalized spacial score (nSPS) is 18.9. The Morgan fingerprint density at radius 2 is 1.95 bits per heavy atom. The van der Waals surface area contributed by atoms with Crippen molar-refractivity contribution in [3.8, 4) is 0 Å². The first kappa shape index (κ1) is 14.3. The molecule has 0 saturated carbocycles. The second kappa shape index (κ2) is 5.88. The van der Waals surface area contributed by atoms with Crippen LogP contribution in [0.25, 0.3) is 0 Å². The van der Waals surface area contributed by atoms with Crippen LogP contribution < -0.4 is 4.90 Å². The highest BCUT2D eigenvalue weighted by Gasteiger charge is 2.24. The fourth-order valence-corrected chi connectivity index (χ4v) is 2.84. The van der Waals surface area contributed by atoms with Gasteiger partial charge in [-0.25, -0.2) is 4.39 Å². The molecule has 1 saturated heterocycles. The Morgan fingerprint density at radius 3 is 2.47 bits per heavy atom. The van der Waals surface area contributed by atoms with Crippen LogP contribution in [0.3, 0.4) is 0 Å². The number of nitrogens with zero attached hydrogens (tertiary/aromatic N) is 2. The molecule has 1 heterocycles. The van der Waals surface area contributed by atoms with E-state index >= 15 is 0 Å². The molecule has 1 aliphatic heterocycles. The molecule has 4 heteroatoms. The van der Waals surface area contributed by atoms with E-state index in [0.717, 1.165) is 31.6 Å². The lowest BCUT2D eigenvalue weighted by Crippen LogP contribution is -2.42. The number of piperidine rings is 1. The van der Waals surface area contributed by atoms with Crippen LogP contribution in [0.15, 0.2) is 18.2 Å². The molecule has 1 N–H and O–H groups in total. The zero-order valence-corrected chi connectivity index (χ0v) is 11.9. The molecule has 0 bridgehead atoms. The summed E-state index contributed by atoms with van der Waals surface area (Å²) in [6.45, 7) is 3.44. The minimum atomic E-state index is -0.775. The van der Waals surface area contributed by atoms with E-state index in [0.29, 0.717) is 11.6 Å². The van der Waals surface area contributed by atoms with Gasteiger partial charge in [-0.2, -0.15) is 0 Å². The Hall–Kier alpha value is -1.13. The van der Waals surface area contributed by atoms with Gasteiger partial charge in [0.25, 0.3) is 0 Å². The summed E-state index contributed by atoms with van der Waals surface area (Å²) in [6.07, 6.45) is 1.37. The van der Waals surface area contributed by atoms with E-state index in [9.17, 15) is 9.50 Å². The predicted octanol–water partition coefficient (Wildman–Crippen LogP) is 2.41. The summed E-state index contributed by atoms with van der Waals surface area (Å²) in [4.78, 5) is 4.43. The van der Waals surface area contributed by atoms with Crippen molar-refractivity contribution >= 4 is 5.69 Å². The first-order valence-corrected chi connectivity index (χ1v) is 6.88. The lowest BCUT2D eigenvalue weighted by Gasteiger charge is -2.37. The largest absolute Gasteiger partial charge is 0.389 e. The highest BCUT2D eigenvalue weighted by atomic mass is 19.1. The van der Waals surface area contributed by atoms with Crippen molar-refractivity contribution < 1.29 is 9.50 Å². The van der Waals surface area contributed by atoms with Crippen molar-refractivity contribution in [3.05, 3.63) is 29.6 Å². The topological polar surface area (TPSA) is 26.7 Å². The van der Waals surface area contributed by atoms with Crippen LogP contribution in [0.1, 0.15) is 31.4 Å². The second-order valence-corrected chi connectivity index (χ2v) is 5.53. The monoisotopic (exact) mass is 266 g/mol. The third kappa shape index (κ3) is 3.07. The zero-order chi connectivity index (χ0) is 14.0. The summed E-state index contributed by atoms with van der Waals surface area (Å²) in [7, 11) is 4.20. The average molecular weight is 266 g/mol. The fraction of sp³-hybridized carbons (Fsp3) is 0.600. The van der Waals surface area contributed by atoms with Crippen LogP contribution in [-0.2, 0) is 0 Å². The maximum Gasteiger partial charge on any atom is 0.131 e. The number of hydrogen-bond acceptors (Lipinski definition) is 3. The Balaban J connectivity index is 2.18. The summed E-state index contributed by atoms with van der Waals surface area (Å²) in [6, 6.07) is 5.63. The van der Waals surface area contributed by atoms with Gasteiger partial charge in [0.05, 0.1) is 6.10 Å². The molecule has 19 heavy (non-hydrogen) atoms. The maximum absolute atomic E-state index is 13.9. The number of rotatable bonds is 3. The van der Waals surface area contributed by atoms with Gasteiger partial charge >= 0.3 is 0 Å². The average Bonchev–Trinajstić information content (AvgIpc) is 2.38. The van der Waals surface area contributed by atoms with Gasteiger partial charge in [-0.15, -0.1) is 0 Å². The van der Waals surface area contributed by atoms with Crippen LogP contribution in [-0.4, -0.2) is 43.2 Å². The smallest absolute Gasteiger partial charge is 0.131 e. The van der Waals surface area contributed by atoms with E-state index in [2.05, 4.69) is 23.9 Å². The molecule has 1 fully saturated rings. The fourth-order valence-electron chi connectivity index (χ4n) is 2.84. The van der Waals surface area contributed by atoms with Crippen LogP contribution >= 0.6 is 0 Å². The van der Waals surface area contributed by atoms with E-state index < -0.39 is 6.10 Å². The lowest BCUT2D eigenvalue weighted by atomic mass is 10.0.